The molecular formula is C20H19N3O2S. The number of carbonyl (C=O) groups excluding carboxylic acids is 1. The average Bonchev–Trinajstić information content (AvgIpc) is 3.34. The topological polar surface area (TPSA) is 64.1 Å². The fourth-order valence-electron chi connectivity index (χ4n) is 3.11. The van der Waals surface area contributed by atoms with Gasteiger partial charge in [0.1, 0.15) is 10.7 Å². The van der Waals surface area contributed by atoms with Gasteiger partial charge in [0, 0.05) is 29.3 Å². The van der Waals surface area contributed by atoms with Gasteiger partial charge >= 0.3 is 0 Å². The van der Waals surface area contributed by atoms with Crippen LogP contribution in [0.5, 0.6) is 0 Å². The van der Waals surface area contributed by atoms with Crippen LogP contribution in [0.2, 0.25) is 0 Å². The summed E-state index contributed by atoms with van der Waals surface area (Å²) >= 11 is 1.48. The third-order valence-electron chi connectivity index (χ3n) is 4.52. The molecule has 3 heterocycles. The lowest BCUT2D eigenvalue weighted by atomic mass is 9.95. The van der Waals surface area contributed by atoms with Gasteiger partial charge in [0.05, 0.1) is 19.3 Å². The summed E-state index contributed by atoms with van der Waals surface area (Å²) in [7, 11) is 0. The Kier molecular flexibility index (Phi) is 5.04. The van der Waals surface area contributed by atoms with Crippen molar-refractivity contribution in [3.63, 3.8) is 0 Å². The molecule has 132 valence electrons. The van der Waals surface area contributed by atoms with Crippen molar-refractivity contribution in [1.29, 1.82) is 0 Å². The number of thiazole rings is 1. The lowest BCUT2D eigenvalue weighted by Gasteiger charge is -2.18. The van der Waals surface area contributed by atoms with Crippen LogP contribution in [0.15, 0.2) is 60.2 Å². The third kappa shape index (κ3) is 3.81. The zero-order valence-electron chi connectivity index (χ0n) is 14.2. The minimum atomic E-state index is -0.140. The standard InChI is InChI=1S/C20H19N3O2S/c24-19(18-13-26-20(23-18)15-4-2-1-3-5-15)22-17-12-25-11-16(17)10-14-6-8-21-9-7-14/h1-9,13,16-17H,10-12H2,(H,22,24)/t16-,17+/m1/s1. The first kappa shape index (κ1) is 16.9. The second-order valence-corrected chi connectivity index (χ2v) is 7.20. The van der Waals surface area contributed by atoms with E-state index in [0.29, 0.717) is 18.9 Å². The van der Waals surface area contributed by atoms with Crippen LogP contribution < -0.4 is 5.32 Å². The van der Waals surface area contributed by atoms with Crippen LogP contribution in [0.25, 0.3) is 10.6 Å². The van der Waals surface area contributed by atoms with Gasteiger partial charge in [-0.05, 0) is 24.1 Å². The highest BCUT2D eigenvalue weighted by Gasteiger charge is 2.30. The zero-order valence-corrected chi connectivity index (χ0v) is 15.0. The van der Waals surface area contributed by atoms with Gasteiger partial charge in [0.25, 0.3) is 5.91 Å². The Morgan fingerprint density at radius 1 is 1.15 bits per heavy atom. The molecule has 26 heavy (non-hydrogen) atoms. The normalized spacial score (nSPS) is 19.4. The van der Waals surface area contributed by atoms with Crippen molar-refractivity contribution < 1.29 is 9.53 Å². The predicted octanol–water partition coefficient (Wildman–Crippen LogP) is 3.19. The third-order valence-corrected chi connectivity index (χ3v) is 5.41. The van der Waals surface area contributed by atoms with E-state index < -0.39 is 0 Å². The van der Waals surface area contributed by atoms with E-state index in [2.05, 4.69) is 15.3 Å². The van der Waals surface area contributed by atoms with Gasteiger partial charge in [-0.2, -0.15) is 0 Å². The maximum Gasteiger partial charge on any atom is 0.271 e. The van der Waals surface area contributed by atoms with Crippen LogP contribution >= 0.6 is 11.3 Å². The van der Waals surface area contributed by atoms with Crippen molar-refractivity contribution in [3.05, 3.63) is 71.5 Å². The number of carbonyl (C=O) groups is 1. The van der Waals surface area contributed by atoms with Crippen LogP contribution in [0, 0.1) is 5.92 Å². The molecule has 0 spiro atoms. The maximum absolute atomic E-state index is 12.6. The molecule has 1 saturated heterocycles. The van der Waals surface area contributed by atoms with Crippen molar-refractivity contribution >= 4 is 17.2 Å². The number of benzene rings is 1. The second kappa shape index (κ2) is 7.76. The highest BCUT2D eigenvalue weighted by molar-refractivity contribution is 7.13. The summed E-state index contributed by atoms with van der Waals surface area (Å²) in [4.78, 5) is 21.1. The molecule has 4 rings (SSSR count). The highest BCUT2D eigenvalue weighted by atomic mass is 32.1. The molecule has 2 aromatic heterocycles. The van der Waals surface area contributed by atoms with Gasteiger partial charge in [0.2, 0.25) is 0 Å². The van der Waals surface area contributed by atoms with Crippen LogP contribution in [0.3, 0.4) is 0 Å². The number of nitrogens with one attached hydrogen (secondary N) is 1. The van der Waals surface area contributed by atoms with E-state index in [0.717, 1.165) is 17.0 Å². The number of rotatable bonds is 5. The number of amides is 1. The smallest absolute Gasteiger partial charge is 0.271 e. The SMILES string of the molecule is O=C(N[C@H]1COC[C@H]1Cc1ccncc1)c1csc(-c2ccccc2)n1. The van der Waals surface area contributed by atoms with Crippen molar-refractivity contribution in [3.8, 4) is 10.6 Å². The van der Waals surface area contributed by atoms with E-state index in [1.807, 2.05) is 47.8 Å². The second-order valence-electron chi connectivity index (χ2n) is 6.34. The molecule has 1 aliphatic heterocycles. The predicted molar refractivity (Wildman–Crippen MR) is 101 cm³/mol. The van der Waals surface area contributed by atoms with Gasteiger partial charge in [-0.3, -0.25) is 9.78 Å². The molecule has 3 aromatic rings. The molecule has 1 amide bonds. The zero-order chi connectivity index (χ0) is 17.8. The highest BCUT2D eigenvalue weighted by Crippen LogP contribution is 2.24. The minimum absolute atomic E-state index is 0.00228. The Morgan fingerprint density at radius 2 is 1.96 bits per heavy atom. The lowest BCUT2D eigenvalue weighted by Crippen LogP contribution is -2.40. The fraction of sp³-hybridized carbons (Fsp3) is 0.250. The molecule has 5 nitrogen and oxygen atoms in total. The Hall–Kier alpha value is -2.57. The van der Waals surface area contributed by atoms with Gasteiger partial charge in [0.15, 0.2) is 0 Å². The first-order chi connectivity index (χ1) is 12.8. The number of pyridine rings is 1. The van der Waals surface area contributed by atoms with E-state index in [1.165, 1.54) is 16.9 Å². The lowest BCUT2D eigenvalue weighted by molar-refractivity contribution is 0.0921. The molecule has 0 bridgehead atoms. The summed E-state index contributed by atoms with van der Waals surface area (Å²) in [5.74, 6) is 0.118. The largest absolute Gasteiger partial charge is 0.379 e. The Morgan fingerprint density at radius 3 is 2.77 bits per heavy atom. The fourth-order valence-corrected chi connectivity index (χ4v) is 3.92. The summed E-state index contributed by atoms with van der Waals surface area (Å²) in [6.07, 6.45) is 4.44. The van der Waals surface area contributed by atoms with Crippen molar-refractivity contribution in [2.45, 2.75) is 12.5 Å². The van der Waals surface area contributed by atoms with Crippen LogP contribution in [-0.4, -0.2) is 35.1 Å². The van der Waals surface area contributed by atoms with E-state index in [4.69, 9.17) is 4.74 Å². The summed E-state index contributed by atoms with van der Waals surface area (Å²) < 4.78 is 5.61. The van der Waals surface area contributed by atoms with Gasteiger partial charge in [-0.1, -0.05) is 30.3 Å². The number of nitrogens with zero attached hydrogens (tertiary/aromatic N) is 2. The van der Waals surface area contributed by atoms with Gasteiger partial charge in [-0.15, -0.1) is 11.3 Å². The first-order valence-electron chi connectivity index (χ1n) is 8.58. The molecular weight excluding hydrogens is 346 g/mol. The summed E-state index contributed by atoms with van der Waals surface area (Å²) in [6.45, 7) is 1.19. The summed E-state index contributed by atoms with van der Waals surface area (Å²) in [5, 5.41) is 5.76. The van der Waals surface area contributed by atoms with Crippen LogP contribution in [0.4, 0.5) is 0 Å². The van der Waals surface area contributed by atoms with Crippen molar-refractivity contribution in [2.24, 2.45) is 5.92 Å². The number of hydrogen-bond donors (Lipinski definition) is 1. The van der Waals surface area contributed by atoms with Crippen molar-refractivity contribution in [2.75, 3.05) is 13.2 Å². The molecule has 0 saturated carbocycles. The summed E-state index contributed by atoms with van der Waals surface area (Å²) in [5.41, 5.74) is 2.69. The monoisotopic (exact) mass is 365 g/mol. The van der Waals surface area contributed by atoms with Gasteiger partial charge in [-0.25, -0.2) is 4.98 Å². The Bertz CT molecular complexity index is 867. The van der Waals surface area contributed by atoms with E-state index in [1.54, 1.807) is 12.4 Å². The average molecular weight is 365 g/mol. The molecule has 0 aliphatic carbocycles. The van der Waals surface area contributed by atoms with Crippen molar-refractivity contribution in [1.82, 2.24) is 15.3 Å². The van der Waals surface area contributed by atoms with E-state index in [-0.39, 0.29) is 17.9 Å². The first-order valence-corrected chi connectivity index (χ1v) is 9.46. The molecule has 6 heteroatoms. The van der Waals surface area contributed by atoms with Crippen LogP contribution in [0.1, 0.15) is 16.1 Å². The van der Waals surface area contributed by atoms with Crippen LogP contribution in [-0.2, 0) is 11.2 Å². The molecule has 1 fully saturated rings. The molecule has 1 aliphatic rings. The Balaban J connectivity index is 1.42. The van der Waals surface area contributed by atoms with Gasteiger partial charge < -0.3 is 10.1 Å². The number of hydrogen-bond acceptors (Lipinski definition) is 5. The number of ether oxygens (including phenoxy) is 1. The Labute approximate surface area is 156 Å². The summed E-state index contributed by atoms with van der Waals surface area (Å²) in [6, 6.07) is 13.9. The molecule has 2 atom stereocenters. The van der Waals surface area contributed by atoms with E-state index >= 15 is 0 Å². The molecule has 0 unspecified atom stereocenters. The van der Waals surface area contributed by atoms with E-state index in [9.17, 15) is 4.79 Å². The quantitative estimate of drug-likeness (QED) is 0.754. The maximum atomic E-state index is 12.6. The number of aromatic nitrogens is 2. The minimum Gasteiger partial charge on any atom is -0.379 e. The molecule has 1 aromatic carbocycles. The molecule has 1 N–H and O–H groups in total. The molecule has 0 radical (unpaired) electrons.